The van der Waals surface area contributed by atoms with E-state index >= 15 is 0 Å². The highest BCUT2D eigenvalue weighted by Gasteiger charge is 2.25. The van der Waals surface area contributed by atoms with Gasteiger partial charge in [0.15, 0.2) is 0 Å². The number of nitrogens with zero attached hydrogens (tertiary/aromatic N) is 1. The minimum atomic E-state index is -0.600. The lowest BCUT2D eigenvalue weighted by molar-refractivity contribution is 0.144. The molecule has 0 aliphatic carbocycles. The second-order valence-corrected chi connectivity index (χ2v) is 4.51. The van der Waals surface area contributed by atoms with Crippen molar-refractivity contribution in [3.63, 3.8) is 0 Å². The molecule has 0 radical (unpaired) electrons. The van der Waals surface area contributed by atoms with Crippen molar-refractivity contribution < 1.29 is 8.78 Å². The van der Waals surface area contributed by atoms with Gasteiger partial charge in [0.05, 0.1) is 11.1 Å². The molecule has 0 saturated carbocycles. The van der Waals surface area contributed by atoms with Crippen molar-refractivity contribution in [1.82, 2.24) is 10.2 Å². The minimum Gasteiger partial charge on any atom is -0.314 e. The molecule has 0 aromatic heterocycles. The van der Waals surface area contributed by atoms with Gasteiger partial charge in [-0.15, -0.1) is 24.8 Å². The summed E-state index contributed by atoms with van der Waals surface area (Å²) >= 11 is 5.73. The number of piperazine rings is 1. The highest BCUT2D eigenvalue weighted by molar-refractivity contribution is 6.30. The van der Waals surface area contributed by atoms with Crippen molar-refractivity contribution in [3.8, 4) is 0 Å². The Morgan fingerprint density at radius 1 is 1.26 bits per heavy atom. The third-order valence-electron chi connectivity index (χ3n) is 3.08. The first-order valence-corrected chi connectivity index (χ1v) is 6.06. The van der Waals surface area contributed by atoms with Crippen molar-refractivity contribution in [2.75, 3.05) is 32.9 Å². The van der Waals surface area contributed by atoms with Gasteiger partial charge in [0.2, 0.25) is 0 Å². The Morgan fingerprint density at radius 2 is 1.89 bits per heavy atom. The molecule has 1 heterocycles. The Kier molecular flexibility index (Phi) is 8.86. The van der Waals surface area contributed by atoms with E-state index in [1.807, 2.05) is 4.90 Å². The van der Waals surface area contributed by atoms with Crippen molar-refractivity contribution >= 4 is 36.4 Å². The van der Waals surface area contributed by atoms with E-state index in [1.54, 1.807) is 12.1 Å². The molecule has 0 spiro atoms. The average molecular weight is 334 g/mol. The topological polar surface area (TPSA) is 15.3 Å². The molecule has 1 aliphatic heterocycles. The maximum atomic E-state index is 13.9. The second-order valence-electron chi connectivity index (χ2n) is 4.10. The fourth-order valence-corrected chi connectivity index (χ4v) is 2.33. The van der Waals surface area contributed by atoms with Gasteiger partial charge >= 0.3 is 0 Å². The summed E-state index contributed by atoms with van der Waals surface area (Å²) in [5.74, 6) is -0.504. The van der Waals surface area contributed by atoms with Crippen molar-refractivity contribution in [2.24, 2.45) is 0 Å². The summed E-state index contributed by atoms with van der Waals surface area (Å²) < 4.78 is 27.0. The molecule has 19 heavy (non-hydrogen) atoms. The van der Waals surface area contributed by atoms with E-state index in [4.69, 9.17) is 11.6 Å². The van der Waals surface area contributed by atoms with Gasteiger partial charge in [0, 0.05) is 31.7 Å². The number of hydrogen-bond acceptors (Lipinski definition) is 2. The van der Waals surface area contributed by atoms with Crippen LogP contribution in [0, 0.1) is 5.82 Å². The lowest BCUT2D eigenvalue weighted by Gasteiger charge is -2.33. The van der Waals surface area contributed by atoms with Crippen LogP contribution in [-0.2, 0) is 0 Å². The maximum Gasteiger partial charge on any atom is 0.146 e. The zero-order chi connectivity index (χ0) is 12.3. The molecule has 1 atom stereocenters. The third-order valence-corrected chi connectivity index (χ3v) is 3.37. The predicted octanol–water partition coefficient (Wildman–Crippen LogP) is 3.24. The number of nitrogens with one attached hydrogen (secondary N) is 1. The van der Waals surface area contributed by atoms with Crippen LogP contribution in [0.3, 0.4) is 0 Å². The van der Waals surface area contributed by atoms with Crippen LogP contribution in [-0.4, -0.2) is 37.8 Å². The van der Waals surface area contributed by atoms with Crippen LogP contribution in [0.25, 0.3) is 0 Å². The van der Waals surface area contributed by atoms with E-state index < -0.39 is 18.5 Å². The van der Waals surface area contributed by atoms with Gasteiger partial charge in [-0.1, -0.05) is 23.7 Å². The maximum absolute atomic E-state index is 13.9. The quantitative estimate of drug-likeness (QED) is 0.913. The van der Waals surface area contributed by atoms with Crippen LogP contribution in [0.5, 0.6) is 0 Å². The van der Waals surface area contributed by atoms with Gasteiger partial charge in [0.1, 0.15) is 12.5 Å². The predicted molar refractivity (Wildman–Crippen MR) is 79.1 cm³/mol. The van der Waals surface area contributed by atoms with E-state index in [-0.39, 0.29) is 29.8 Å². The highest BCUT2D eigenvalue weighted by Crippen LogP contribution is 2.28. The van der Waals surface area contributed by atoms with Crippen LogP contribution >= 0.6 is 36.4 Å². The number of alkyl halides is 1. The minimum absolute atomic E-state index is 0. The summed E-state index contributed by atoms with van der Waals surface area (Å²) in [6.45, 7) is 2.45. The largest absolute Gasteiger partial charge is 0.314 e. The highest BCUT2D eigenvalue weighted by atomic mass is 35.5. The van der Waals surface area contributed by atoms with Crippen LogP contribution in [0.15, 0.2) is 18.2 Å². The van der Waals surface area contributed by atoms with E-state index in [2.05, 4.69) is 5.32 Å². The number of benzene rings is 1. The zero-order valence-electron chi connectivity index (χ0n) is 10.2. The van der Waals surface area contributed by atoms with Gasteiger partial charge in [0.25, 0.3) is 0 Å². The fraction of sp³-hybridized carbons (Fsp3) is 0.500. The molecule has 0 unspecified atom stereocenters. The van der Waals surface area contributed by atoms with Gasteiger partial charge in [-0.25, -0.2) is 8.78 Å². The number of halogens is 5. The third kappa shape index (κ3) is 4.43. The zero-order valence-corrected chi connectivity index (χ0v) is 12.6. The van der Waals surface area contributed by atoms with Gasteiger partial charge in [-0.05, 0) is 6.07 Å². The van der Waals surface area contributed by atoms with Crippen LogP contribution in [0.2, 0.25) is 5.02 Å². The number of rotatable bonds is 3. The molecule has 0 amide bonds. The first-order chi connectivity index (χ1) is 8.24. The standard InChI is InChI=1S/C12H15ClF2N2.2ClH/c13-10-3-1-2-9(12(10)15)11(8-14)17-6-4-16-5-7-17;;/h1-3,11,16H,4-8H2;2*1H/t11-;;/m0../s1. The average Bonchev–Trinajstić information content (AvgIpc) is 2.37. The number of hydrogen-bond donors (Lipinski definition) is 1. The molecule has 1 N–H and O–H groups in total. The van der Waals surface area contributed by atoms with E-state index in [9.17, 15) is 8.78 Å². The molecule has 1 saturated heterocycles. The van der Waals surface area contributed by atoms with Crippen molar-refractivity contribution in [1.29, 1.82) is 0 Å². The summed E-state index contributed by atoms with van der Waals surface area (Å²) in [5, 5.41) is 3.24. The Labute approximate surface area is 129 Å². The van der Waals surface area contributed by atoms with Crippen molar-refractivity contribution in [3.05, 3.63) is 34.6 Å². The Balaban J connectivity index is 0.00000162. The molecular formula is C12H17Cl3F2N2. The summed E-state index contributed by atoms with van der Waals surface area (Å²) in [6, 6.07) is 4.21. The van der Waals surface area contributed by atoms with Crippen LogP contribution < -0.4 is 5.32 Å². The van der Waals surface area contributed by atoms with E-state index in [1.165, 1.54) is 6.07 Å². The van der Waals surface area contributed by atoms with Crippen LogP contribution in [0.1, 0.15) is 11.6 Å². The molecule has 2 rings (SSSR count). The molecule has 1 aromatic rings. The summed E-state index contributed by atoms with van der Waals surface area (Å²) in [7, 11) is 0. The smallest absolute Gasteiger partial charge is 0.146 e. The SMILES string of the molecule is Cl.Cl.FC[C@@H](c1cccc(Cl)c1F)N1CCNCC1. The second kappa shape index (κ2) is 8.93. The Morgan fingerprint density at radius 3 is 2.47 bits per heavy atom. The normalized spacial score (nSPS) is 17.2. The van der Waals surface area contributed by atoms with Crippen LogP contribution in [0.4, 0.5) is 8.78 Å². The molecule has 1 fully saturated rings. The molecule has 1 aliphatic rings. The summed E-state index contributed by atoms with van der Waals surface area (Å²) in [5.41, 5.74) is 0.349. The monoisotopic (exact) mass is 332 g/mol. The summed E-state index contributed by atoms with van der Waals surface area (Å²) in [4.78, 5) is 1.95. The first-order valence-electron chi connectivity index (χ1n) is 5.68. The molecular weight excluding hydrogens is 317 g/mol. The van der Waals surface area contributed by atoms with Gasteiger partial charge < -0.3 is 5.32 Å². The summed E-state index contributed by atoms with van der Waals surface area (Å²) in [6.07, 6.45) is 0. The molecule has 7 heteroatoms. The molecule has 110 valence electrons. The van der Waals surface area contributed by atoms with Crippen molar-refractivity contribution in [2.45, 2.75) is 6.04 Å². The van der Waals surface area contributed by atoms with E-state index in [0.717, 1.165) is 26.2 Å². The molecule has 0 bridgehead atoms. The molecule has 1 aromatic carbocycles. The lowest BCUT2D eigenvalue weighted by Crippen LogP contribution is -2.45. The van der Waals surface area contributed by atoms with E-state index in [0.29, 0.717) is 5.56 Å². The van der Waals surface area contributed by atoms with Gasteiger partial charge in [-0.3, -0.25) is 4.90 Å². The Bertz CT molecular complexity index is 387. The lowest BCUT2D eigenvalue weighted by atomic mass is 10.0. The first kappa shape index (κ1) is 18.9. The van der Waals surface area contributed by atoms with Gasteiger partial charge in [-0.2, -0.15) is 0 Å². The fourth-order valence-electron chi connectivity index (χ4n) is 2.15. The molecule has 2 nitrogen and oxygen atoms in total. The Hall–Kier alpha value is -0.130.